The van der Waals surface area contributed by atoms with Gasteiger partial charge in [0.2, 0.25) is 0 Å². The summed E-state index contributed by atoms with van der Waals surface area (Å²) in [6.07, 6.45) is 1.79. The van der Waals surface area contributed by atoms with Gasteiger partial charge >= 0.3 is 11.9 Å². The van der Waals surface area contributed by atoms with E-state index in [0.717, 1.165) is 27.8 Å². The number of benzene rings is 4. The van der Waals surface area contributed by atoms with Crippen LogP contribution < -0.4 is 9.47 Å². The predicted octanol–water partition coefficient (Wildman–Crippen LogP) is 6.32. The van der Waals surface area contributed by atoms with Crippen molar-refractivity contribution in [3.8, 4) is 23.0 Å². The number of para-hydroxylation sites is 4. The first-order chi connectivity index (χ1) is 21.8. The van der Waals surface area contributed by atoms with E-state index in [-0.39, 0.29) is 37.9 Å². The minimum Gasteiger partial charge on any atom is -0.507 e. The van der Waals surface area contributed by atoms with Gasteiger partial charge in [-0.3, -0.25) is 0 Å². The van der Waals surface area contributed by atoms with Gasteiger partial charge in [-0.15, -0.1) is 0 Å². The topological polar surface area (TPSA) is 112 Å². The summed E-state index contributed by atoms with van der Waals surface area (Å²) in [7, 11) is 0. The molecule has 0 saturated carbocycles. The van der Waals surface area contributed by atoms with E-state index < -0.39 is 11.9 Å². The molecule has 0 aliphatic carbocycles. The Labute approximate surface area is 264 Å². The van der Waals surface area contributed by atoms with Crippen LogP contribution in [0.3, 0.4) is 0 Å². The molecule has 0 aliphatic rings. The molecule has 8 nitrogen and oxygen atoms in total. The summed E-state index contributed by atoms with van der Waals surface area (Å²) in [4.78, 5) is 24.1. The Morgan fingerprint density at radius 3 is 1.49 bits per heavy atom. The smallest absolute Gasteiger partial charge is 0.344 e. The van der Waals surface area contributed by atoms with Crippen molar-refractivity contribution >= 4 is 11.9 Å². The Hall–Kier alpha value is -4.98. The molecular formula is C37H40O8. The molecule has 0 unspecified atom stereocenters. The number of carbonyl (C=O) groups is 2. The first-order valence-electron chi connectivity index (χ1n) is 15.2. The van der Waals surface area contributed by atoms with Crippen molar-refractivity contribution in [3.05, 3.63) is 118 Å². The van der Waals surface area contributed by atoms with E-state index >= 15 is 0 Å². The second-order valence-corrected chi connectivity index (χ2v) is 10.4. The summed E-state index contributed by atoms with van der Waals surface area (Å²) in [5.41, 5.74) is 5.34. The third kappa shape index (κ3) is 8.79. The number of hydrogen-bond donors (Lipinski definition) is 2. The van der Waals surface area contributed by atoms with Crippen molar-refractivity contribution in [1.82, 2.24) is 0 Å². The van der Waals surface area contributed by atoms with E-state index in [0.29, 0.717) is 48.3 Å². The van der Waals surface area contributed by atoms with Gasteiger partial charge in [0.1, 0.15) is 23.0 Å². The molecule has 45 heavy (non-hydrogen) atoms. The molecule has 4 aromatic rings. The van der Waals surface area contributed by atoms with Gasteiger partial charge in [0.05, 0.1) is 13.2 Å². The van der Waals surface area contributed by atoms with Crippen LogP contribution in [0, 0.1) is 0 Å². The zero-order valence-corrected chi connectivity index (χ0v) is 26.0. The number of aryl methyl sites for hydroxylation is 1. The third-order valence-electron chi connectivity index (χ3n) is 7.37. The van der Waals surface area contributed by atoms with E-state index in [1.807, 2.05) is 79.7 Å². The van der Waals surface area contributed by atoms with Crippen LogP contribution in [0.5, 0.6) is 23.0 Å². The lowest BCUT2D eigenvalue weighted by Gasteiger charge is -2.18. The number of phenolic OH excluding ortho intramolecular Hbond substituents is 2. The molecule has 0 aromatic heterocycles. The van der Waals surface area contributed by atoms with Crippen LogP contribution in [-0.4, -0.2) is 48.6 Å². The Balaban J connectivity index is 1.63. The molecule has 4 aromatic carbocycles. The number of aromatic hydroxyl groups is 2. The van der Waals surface area contributed by atoms with Crippen LogP contribution in [0.25, 0.3) is 0 Å². The second kappa shape index (κ2) is 16.2. The summed E-state index contributed by atoms with van der Waals surface area (Å²) in [6.45, 7) is 5.51. The van der Waals surface area contributed by atoms with Gasteiger partial charge in [-0.1, -0.05) is 79.7 Å². The Kier molecular flexibility index (Phi) is 11.8. The standard InChI is InChI=1S/C37H40O8/c1-4-25-13-9-14-28(35(25)40)21-30-17-11-18-31(37(30)45-24-34(39)43-6-3)22-29-16-10-15-27(36(29)41)20-26-12-7-8-19-32(26)44-23-33(38)42-5-2/h7-19,40-41H,4-6,20-24H2,1-3H3. The molecule has 8 heteroatoms. The number of hydrogen-bond acceptors (Lipinski definition) is 8. The van der Waals surface area contributed by atoms with Gasteiger partial charge in [-0.25, -0.2) is 9.59 Å². The molecule has 0 radical (unpaired) electrons. The number of esters is 2. The van der Waals surface area contributed by atoms with Crippen molar-refractivity contribution in [1.29, 1.82) is 0 Å². The molecule has 236 valence electrons. The molecular weight excluding hydrogens is 572 g/mol. The van der Waals surface area contributed by atoms with Gasteiger partial charge in [-0.2, -0.15) is 0 Å². The van der Waals surface area contributed by atoms with Crippen LogP contribution in [0.2, 0.25) is 0 Å². The SMILES string of the molecule is CCOC(=O)COc1ccccc1Cc1cccc(Cc2cccc(Cc3cccc(CC)c3O)c2OCC(=O)OCC)c1O. The lowest BCUT2D eigenvalue weighted by Crippen LogP contribution is -2.16. The van der Waals surface area contributed by atoms with Gasteiger partial charge in [0.25, 0.3) is 0 Å². The average molecular weight is 613 g/mol. The molecule has 0 atom stereocenters. The van der Waals surface area contributed by atoms with E-state index in [1.54, 1.807) is 19.9 Å². The van der Waals surface area contributed by atoms with Gasteiger partial charge in [-0.05, 0) is 65.3 Å². The van der Waals surface area contributed by atoms with Crippen LogP contribution in [0.1, 0.15) is 59.7 Å². The van der Waals surface area contributed by atoms with Crippen molar-refractivity contribution in [2.45, 2.75) is 46.5 Å². The van der Waals surface area contributed by atoms with Crippen LogP contribution in [-0.2, 0) is 44.7 Å². The highest BCUT2D eigenvalue weighted by molar-refractivity contribution is 5.71. The van der Waals surface area contributed by atoms with E-state index in [1.165, 1.54) is 0 Å². The highest BCUT2D eigenvalue weighted by Crippen LogP contribution is 2.35. The third-order valence-corrected chi connectivity index (χ3v) is 7.37. The minimum atomic E-state index is -0.484. The Morgan fingerprint density at radius 2 is 0.956 bits per heavy atom. The fraction of sp³-hybridized carbons (Fsp3) is 0.297. The monoisotopic (exact) mass is 612 g/mol. The van der Waals surface area contributed by atoms with Gasteiger partial charge < -0.3 is 29.2 Å². The maximum Gasteiger partial charge on any atom is 0.344 e. The van der Waals surface area contributed by atoms with Gasteiger partial charge in [0.15, 0.2) is 13.2 Å². The molecule has 2 N–H and O–H groups in total. The van der Waals surface area contributed by atoms with E-state index in [9.17, 15) is 19.8 Å². The predicted molar refractivity (Wildman–Crippen MR) is 171 cm³/mol. The first-order valence-corrected chi connectivity index (χ1v) is 15.2. The zero-order chi connectivity index (χ0) is 32.2. The lowest BCUT2D eigenvalue weighted by molar-refractivity contribution is -0.146. The Morgan fingerprint density at radius 1 is 0.533 bits per heavy atom. The fourth-order valence-corrected chi connectivity index (χ4v) is 5.18. The summed E-state index contributed by atoms with van der Waals surface area (Å²) >= 11 is 0. The number of carbonyl (C=O) groups excluding carboxylic acids is 2. The molecule has 0 aliphatic heterocycles. The summed E-state index contributed by atoms with van der Waals surface area (Å²) in [5.74, 6) is 0.491. The summed E-state index contributed by atoms with van der Waals surface area (Å²) in [5, 5.41) is 22.3. The molecule has 0 heterocycles. The van der Waals surface area contributed by atoms with Crippen molar-refractivity contribution in [2.75, 3.05) is 26.4 Å². The van der Waals surface area contributed by atoms with Gasteiger partial charge in [0, 0.05) is 19.3 Å². The second-order valence-electron chi connectivity index (χ2n) is 10.4. The van der Waals surface area contributed by atoms with Crippen molar-refractivity contribution < 1.29 is 38.7 Å². The molecule has 0 saturated heterocycles. The minimum absolute atomic E-state index is 0.132. The van der Waals surface area contributed by atoms with Crippen LogP contribution >= 0.6 is 0 Å². The van der Waals surface area contributed by atoms with Crippen LogP contribution in [0.15, 0.2) is 78.9 Å². The number of ether oxygens (including phenoxy) is 4. The molecule has 4 rings (SSSR count). The quantitative estimate of drug-likeness (QED) is 0.150. The first kappa shape index (κ1) is 32.9. The maximum absolute atomic E-state index is 12.2. The number of phenols is 2. The number of rotatable bonds is 15. The molecule has 0 fully saturated rings. The fourth-order valence-electron chi connectivity index (χ4n) is 5.18. The zero-order valence-electron chi connectivity index (χ0n) is 26.0. The summed E-state index contributed by atoms with van der Waals surface area (Å²) < 4.78 is 21.9. The highest BCUT2D eigenvalue weighted by Gasteiger charge is 2.18. The highest BCUT2D eigenvalue weighted by atomic mass is 16.6. The molecule has 0 spiro atoms. The lowest BCUT2D eigenvalue weighted by atomic mass is 9.94. The summed E-state index contributed by atoms with van der Waals surface area (Å²) in [6, 6.07) is 24.3. The van der Waals surface area contributed by atoms with Crippen molar-refractivity contribution in [2.24, 2.45) is 0 Å². The largest absolute Gasteiger partial charge is 0.507 e. The van der Waals surface area contributed by atoms with E-state index in [4.69, 9.17) is 18.9 Å². The molecule has 0 amide bonds. The average Bonchev–Trinajstić information content (AvgIpc) is 3.03. The normalized spacial score (nSPS) is 10.7. The molecule has 0 bridgehead atoms. The Bertz CT molecular complexity index is 1610. The van der Waals surface area contributed by atoms with Crippen molar-refractivity contribution in [3.63, 3.8) is 0 Å². The van der Waals surface area contributed by atoms with E-state index in [2.05, 4.69) is 0 Å². The maximum atomic E-state index is 12.2. The van der Waals surface area contributed by atoms with Crippen LogP contribution in [0.4, 0.5) is 0 Å².